The second-order valence-corrected chi connectivity index (χ2v) is 5.04. The van der Waals surface area contributed by atoms with Crippen LogP contribution in [-0.4, -0.2) is 5.97 Å². The second kappa shape index (κ2) is 3.52. The van der Waals surface area contributed by atoms with Crippen molar-refractivity contribution in [3.05, 3.63) is 65.2 Å². The SMILES string of the molecule is O=C1O[C@@]2(Oc3ccccc3[C@@H]2Cl)c2ccccc21. The highest BCUT2D eigenvalue weighted by molar-refractivity contribution is 6.22. The molecule has 94 valence electrons. The highest BCUT2D eigenvalue weighted by Gasteiger charge is 2.58. The predicted molar refractivity (Wildman–Crippen MR) is 69.2 cm³/mol. The van der Waals surface area contributed by atoms with Gasteiger partial charge < -0.3 is 9.47 Å². The largest absolute Gasteiger partial charge is 0.446 e. The van der Waals surface area contributed by atoms with Crippen LogP contribution < -0.4 is 4.74 Å². The van der Waals surface area contributed by atoms with Crippen molar-refractivity contribution < 1.29 is 14.3 Å². The molecule has 4 rings (SSSR count). The lowest BCUT2D eigenvalue weighted by atomic mass is 9.97. The van der Waals surface area contributed by atoms with Gasteiger partial charge in [-0.25, -0.2) is 4.79 Å². The zero-order chi connectivity index (χ0) is 13.0. The molecule has 0 radical (unpaired) electrons. The molecule has 3 nitrogen and oxygen atoms in total. The van der Waals surface area contributed by atoms with Crippen molar-refractivity contribution in [3.8, 4) is 5.75 Å². The Kier molecular flexibility index (Phi) is 2.01. The Balaban J connectivity index is 1.94. The maximum Gasteiger partial charge on any atom is 0.342 e. The van der Waals surface area contributed by atoms with E-state index in [9.17, 15) is 4.79 Å². The lowest BCUT2D eigenvalue weighted by molar-refractivity contribution is -0.129. The molecule has 2 heterocycles. The fourth-order valence-electron chi connectivity index (χ4n) is 2.68. The number of fused-ring (bicyclic) bond motifs is 3. The molecular weight excluding hydrogens is 264 g/mol. The molecule has 19 heavy (non-hydrogen) atoms. The number of carbonyl (C=O) groups excluding carboxylic acids is 1. The molecule has 0 bridgehead atoms. The minimum absolute atomic E-state index is 0.394. The van der Waals surface area contributed by atoms with Gasteiger partial charge in [0.1, 0.15) is 11.1 Å². The molecule has 2 atom stereocenters. The highest BCUT2D eigenvalue weighted by atomic mass is 35.5. The van der Waals surface area contributed by atoms with Crippen molar-refractivity contribution in [3.63, 3.8) is 0 Å². The van der Waals surface area contributed by atoms with Crippen LogP contribution in [0.2, 0.25) is 0 Å². The van der Waals surface area contributed by atoms with Crippen molar-refractivity contribution in [2.45, 2.75) is 11.2 Å². The van der Waals surface area contributed by atoms with Crippen molar-refractivity contribution in [2.75, 3.05) is 0 Å². The highest BCUT2D eigenvalue weighted by Crippen LogP contribution is 2.56. The third-order valence-corrected chi connectivity index (χ3v) is 4.08. The van der Waals surface area contributed by atoms with Gasteiger partial charge in [0.05, 0.1) is 11.1 Å². The Bertz CT molecular complexity index is 697. The minimum atomic E-state index is -1.22. The molecular formula is C15H9ClO3. The van der Waals surface area contributed by atoms with Crippen LogP contribution in [0, 0.1) is 0 Å². The van der Waals surface area contributed by atoms with Crippen LogP contribution in [0.4, 0.5) is 0 Å². The summed E-state index contributed by atoms with van der Waals surface area (Å²) >= 11 is 6.50. The molecule has 0 aromatic heterocycles. The van der Waals surface area contributed by atoms with E-state index in [1.165, 1.54) is 0 Å². The fraction of sp³-hybridized carbons (Fsp3) is 0.133. The Morgan fingerprint density at radius 3 is 2.58 bits per heavy atom. The van der Waals surface area contributed by atoms with Crippen LogP contribution in [0.15, 0.2) is 48.5 Å². The van der Waals surface area contributed by atoms with Gasteiger partial charge in [0.2, 0.25) is 0 Å². The molecule has 2 aromatic rings. The first-order valence-electron chi connectivity index (χ1n) is 5.97. The molecule has 0 saturated heterocycles. The van der Waals surface area contributed by atoms with E-state index in [1.807, 2.05) is 36.4 Å². The van der Waals surface area contributed by atoms with Crippen molar-refractivity contribution >= 4 is 17.6 Å². The van der Waals surface area contributed by atoms with E-state index in [0.29, 0.717) is 16.9 Å². The van der Waals surface area contributed by atoms with E-state index in [-0.39, 0.29) is 0 Å². The first kappa shape index (κ1) is 10.9. The molecule has 0 saturated carbocycles. The molecule has 0 amide bonds. The van der Waals surface area contributed by atoms with E-state index < -0.39 is 17.1 Å². The number of alkyl halides is 1. The third-order valence-electron chi connectivity index (χ3n) is 3.55. The van der Waals surface area contributed by atoms with Gasteiger partial charge in [0.15, 0.2) is 0 Å². The van der Waals surface area contributed by atoms with Crippen LogP contribution in [0.1, 0.15) is 26.9 Å². The average Bonchev–Trinajstić information content (AvgIpc) is 2.88. The van der Waals surface area contributed by atoms with Gasteiger partial charge in [0.25, 0.3) is 0 Å². The van der Waals surface area contributed by atoms with Crippen LogP contribution in [0.5, 0.6) is 5.75 Å². The van der Waals surface area contributed by atoms with Crippen LogP contribution >= 0.6 is 11.6 Å². The molecule has 2 aliphatic heterocycles. The molecule has 2 aromatic carbocycles. The number of hydrogen-bond donors (Lipinski definition) is 0. The van der Waals surface area contributed by atoms with Crippen molar-refractivity contribution in [2.24, 2.45) is 0 Å². The van der Waals surface area contributed by atoms with E-state index in [4.69, 9.17) is 21.1 Å². The summed E-state index contributed by atoms with van der Waals surface area (Å²) in [6.07, 6.45) is 0. The fourth-order valence-corrected chi connectivity index (χ4v) is 3.07. The number of benzene rings is 2. The smallest absolute Gasteiger partial charge is 0.342 e. The standard InChI is InChI=1S/C15H9ClO3/c16-13-10-6-2-4-8-12(10)18-15(13)11-7-3-1-5-9(11)14(17)19-15/h1-8,13H/t13-,15-/m0/s1. The topological polar surface area (TPSA) is 35.5 Å². The Hall–Kier alpha value is -2.00. The predicted octanol–water partition coefficient (Wildman–Crippen LogP) is 3.38. The van der Waals surface area contributed by atoms with Gasteiger partial charge in [-0.15, -0.1) is 11.6 Å². The first-order valence-corrected chi connectivity index (χ1v) is 6.41. The molecule has 0 aliphatic carbocycles. The van der Waals surface area contributed by atoms with E-state index in [0.717, 1.165) is 5.56 Å². The quantitative estimate of drug-likeness (QED) is 0.545. The lowest BCUT2D eigenvalue weighted by Gasteiger charge is -2.25. The number of hydrogen-bond acceptors (Lipinski definition) is 3. The summed E-state index contributed by atoms with van der Waals surface area (Å²) in [4.78, 5) is 12.0. The van der Waals surface area contributed by atoms with Gasteiger partial charge in [-0.2, -0.15) is 0 Å². The van der Waals surface area contributed by atoms with Gasteiger partial charge in [-0.05, 0) is 12.1 Å². The summed E-state index contributed by atoms with van der Waals surface area (Å²) in [7, 11) is 0. The molecule has 0 N–H and O–H groups in total. The second-order valence-electron chi connectivity index (χ2n) is 4.61. The Morgan fingerprint density at radius 2 is 1.74 bits per heavy atom. The van der Waals surface area contributed by atoms with Gasteiger partial charge in [0, 0.05) is 5.56 Å². The van der Waals surface area contributed by atoms with Gasteiger partial charge in [-0.3, -0.25) is 0 Å². The number of halogens is 1. The maximum absolute atomic E-state index is 12.0. The molecule has 0 unspecified atom stereocenters. The summed E-state index contributed by atoms with van der Waals surface area (Å²) in [6, 6.07) is 14.7. The summed E-state index contributed by atoms with van der Waals surface area (Å²) in [5, 5.41) is -0.545. The number of esters is 1. The molecule has 4 heteroatoms. The molecule has 1 spiro atoms. The van der Waals surface area contributed by atoms with E-state index >= 15 is 0 Å². The molecule has 0 fully saturated rings. The maximum atomic E-state index is 12.0. The third kappa shape index (κ3) is 1.25. The first-order chi connectivity index (χ1) is 9.22. The van der Waals surface area contributed by atoms with Crippen molar-refractivity contribution in [1.29, 1.82) is 0 Å². The van der Waals surface area contributed by atoms with Gasteiger partial charge >= 0.3 is 11.8 Å². The zero-order valence-electron chi connectivity index (χ0n) is 9.80. The summed E-state index contributed by atoms with van der Waals surface area (Å²) in [5.74, 6) is -0.958. The van der Waals surface area contributed by atoms with E-state index in [2.05, 4.69) is 0 Å². The average molecular weight is 273 g/mol. The summed E-state index contributed by atoms with van der Waals surface area (Å²) in [5.41, 5.74) is 2.05. The number of para-hydroxylation sites is 1. The van der Waals surface area contributed by atoms with Gasteiger partial charge in [-0.1, -0.05) is 36.4 Å². The molecule has 2 aliphatic rings. The number of ether oxygens (including phenoxy) is 2. The van der Waals surface area contributed by atoms with Crippen molar-refractivity contribution in [1.82, 2.24) is 0 Å². The Labute approximate surface area is 114 Å². The Morgan fingerprint density at radius 1 is 1.00 bits per heavy atom. The lowest BCUT2D eigenvalue weighted by Crippen LogP contribution is -2.33. The minimum Gasteiger partial charge on any atom is -0.446 e. The summed E-state index contributed by atoms with van der Waals surface area (Å²) < 4.78 is 11.4. The van der Waals surface area contributed by atoms with Crippen LogP contribution in [0.25, 0.3) is 0 Å². The van der Waals surface area contributed by atoms with Crippen LogP contribution in [0.3, 0.4) is 0 Å². The van der Waals surface area contributed by atoms with E-state index in [1.54, 1.807) is 12.1 Å². The normalized spacial score (nSPS) is 26.8. The number of carbonyl (C=O) groups is 1. The van der Waals surface area contributed by atoms with Crippen LogP contribution in [-0.2, 0) is 10.5 Å². The zero-order valence-corrected chi connectivity index (χ0v) is 10.6. The monoisotopic (exact) mass is 272 g/mol. The summed E-state index contributed by atoms with van der Waals surface area (Å²) in [6.45, 7) is 0. The number of rotatable bonds is 0.